The Morgan fingerprint density at radius 3 is 2.53 bits per heavy atom. The van der Waals surface area contributed by atoms with E-state index in [4.69, 9.17) is 0 Å². The summed E-state index contributed by atoms with van der Waals surface area (Å²) in [6.07, 6.45) is 4.40. The number of benzene rings is 1. The molecule has 1 aromatic carbocycles. The molecule has 2 fully saturated rings. The zero-order valence-electron chi connectivity index (χ0n) is 8.70. The predicted octanol–water partition coefficient (Wildman–Crippen LogP) is 2.42. The van der Waals surface area contributed by atoms with Crippen molar-refractivity contribution in [2.45, 2.75) is 31.7 Å². The van der Waals surface area contributed by atoms with Gasteiger partial charge in [0, 0.05) is 11.8 Å². The Hall–Kier alpha value is -1.31. The number of carbonyl (C=O) groups is 1. The fourth-order valence-electron chi connectivity index (χ4n) is 2.97. The van der Waals surface area contributed by atoms with Gasteiger partial charge in [-0.15, -0.1) is 0 Å². The van der Waals surface area contributed by atoms with E-state index in [9.17, 15) is 4.79 Å². The van der Waals surface area contributed by atoms with Crippen molar-refractivity contribution < 1.29 is 4.79 Å². The van der Waals surface area contributed by atoms with E-state index in [0.717, 1.165) is 6.42 Å². The van der Waals surface area contributed by atoms with Crippen molar-refractivity contribution in [3.63, 3.8) is 0 Å². The van der Waals surface area contributed by atoms with E-state index in [0.29, 0.717) is 0 Å². The van der Waals surface area contributed by atoms with Crippen molar-refractivity contribution in [1.29, 1.82) is 0 Å². The molecule has 2 aliphatic rings. The van der Waals surface area contributed by atoms with Crippen LogP contribution in [0.15, 0.2) is 30.3 Å². The Bertz CT molecular complexity index is 381. The number of hydrogen-bond donors (Lipinski definition) is 1. The van der Waals surface area contributed by atoms with Crippen LogP contribution >= 0.6 is 0 Å². The van der Waals surface area contributed by atoms with E-state index in [1.165, 1.54) is 24.8 Å². The molecule has 2 nitrogen and oxygen atoms in total. The average molecular weight is 201 g/mol. The molecule has 3 rings (SSSR count). The van der Waals surface area contributed by atoms with Gasteiger partial charge in [0.1, 0.15) is 0 Å². The maximum absolute atomic E-state index is 11.5. The minimum atomic E-state index is 0.226. The van der Waals surface area contributed by atoms with Crippen LogP contribution in [0.25, 0.3) is 0 Å². The summed E-state index contributed by atoms with van der Waals surface area (Å²) in [5.74, 6) is 0.226. The fraction of sp³-hybridized carbons (Fsp3) is 0.462. The Kier molecular flexibility index (Phi) is 1.84. The van der Waals surface area contributed by atoms with Crippen LogP contribution in [0.1, 0.15) is 37.3 Å². The molecule has 1 N–H and O–H groups in total. The van der Waals surface area contributed by atoms with Gasteiger partial charge in [-0.05, 0) is 18.4 Å². The smallest absolute Gasteiger partial charge is 0.221 e. The van der Waals surface area contributed by atoms with Crippen LogP contribution in [-0.2, 0) is 4.79 Å². The zero-order valence-corrected chi connectivity index (χ0v) is 8.70. The van der Waals surface area contributed by atoms with E-state index in [1.54, 1.807) is 0 Å². The molecule has 1 unspecified atom stereocenters. The summed E-state index contributed by atoms with van der Waals surface area (Å²) >= 11 is 0. The first-order valence-corrected chi connectivity index (χ1v) is 5.65. The molecule has 1 spiro atoms. The van der Waals surface area contributed by atoms with Crippen molar-refractivity contribution in [1.82, 2.24) is 5.32 Å². The van der Waals surface area contributed by atoms with Crippen LogP contribution in [0.4, 0.5) is 0 Å². The molecule has 0 aromatic heterocycles. The Morgan fingerprint density at radius 1 is 1.20 bits per heavy atom. The van der Waals surface area contributed by atoms with Gasteiger partial charge in [0.2, 0.25) is 5.91 Å². The van der Waals surface area contributed by atoms with E-state index < -0.39 is 0 Å². The zero-order chi connectivity index (χ0) is 10.3. The monoisotopic (exact) mass is 201 g/mol. The van der Waals surface area contributed by atoms with Crippen molar-refractivity contribution in [3.05, 3.63) is 35.9 Å². The minimum Gasteiger partial charge on any atom is -0.349 e. The van der Waals surface area contributed by atoms with Crippen molar-refractivity contribution in [2.75, 3.05) is 0 Å². The molecule has 1 saturated heterocycles. The quantitative estimate of drug-likeness (QED) is 0.742. The molecule has 1 heterocycles. The molecule has 78 valence electrons. The third-order valence-corrected chi connectivity index (χ3v) is 3.91. The normalized spacial score (nSPS) is 27.5. The molecule has 1 aliphatic carbocycles. The highest BCUT2D eigenvalue weighted by Crippen LogP contribution is 2.55. The molecule has 1 atom stereocenters. The lowest BCUT2D eigenvalue weighted by Crippen LogP contribution is -2.35. The summed E-state index contributed by atoms with van der Waals surface area (Å²) in [5.41, 5.74) is 1.52. The number of nitrogens with one attached hydrogen (secondary N) is 1. The Morgan fingerprint density at radius 2 is 1.93 bits per heavy atom. The van der Waals surface area contributed by atoms with Crippen LogP contribution in [0.3, 0.4) is 0 Å². The van der Waals surface area contributed by atoms with Crippen LogP contribution in [0.5, 0.6) is 0 Å². The summed E-state index contributed by atoms with van der Waals surface area (Å²) in [7, 11) is 0. The summed E-state index contributed by atoms with van der Waals surface area (Å²) in [5, 5.41) is 3.12. The largest absolute Gasteiger partial charge is 0.349 e. The molecular weight excluding hydrogens is 186 g/mol. The van der Waals surface area contributed by atoms with Gasteiger partial charge in [-0.2, -0.15) is 0 Å². The van der Waals surface area contributed by atoms with Gasteiger partial charge in [0.15, 0.2) is 0 Å². The molecule has 1 saturated carbocycles. The molecule has 1 aromatic rings. The standard InChI is InChI=1S/C13H15NO/c15-11-9-13(7-4-8-13)12(14-11)10-5-2-1-3-6-10/h1-3,5-6,12H,4,7-9H2,(H,14,15). The molecule has 2 heteroatoms. The number of amides is 1. The van der Waals surface area contributed by atoms with Gasteiger partial charge < -0.3 is 5.32 Å². The topological polar surface area (TPSA) is 29.1 Å². The lowest BCUT2D eigenvalue weighted by molar-refractivity contribution is -0.120. The molecule has 15 heavy (non-hydrogen) atoms. The highest BCUT2D eigenvalue weighted by atomic mass is 16.2. The van der Waals surface area contributed by atoms with Crippen molar-refractivity contribution in [3.8, 4) is 0 Å². The van der Waals surface area contributed by atoms with Crippen molar-refractivity contribution in [2.24, 2.45) is 5.41 Å². The van der Waals surface area contributed by atoms with Crippen LogP contribution < -0.4 is 5.32 Å². The lowest BCUT2D eigenvalue weighted by Gasteiger charge is -2.42. The average Bonchev–Trinajstić information content (AvgIpc) is 2.57. The summed E-state index contributed by atoms with van der Waals surface area (Å²) in [4.78, 5) is 11.5. The second kappa shape index (κ2) is 3.09. The van der Waals surface area contributed by atoms with E-state index in [-0.39, 0.29) is 17.4 Å². The fourth-order valence-corrected chi connectivity index (χ4v) is 2.97. The third kappa shape index (κ3) is 1.28. The first-order valence-electron chi connectivity index (χ1n) is 5.65. The summed E-state index contributed by atoms with van der Waals surface area (Å²) in [6, 6.07) is 10.6. The maximum Gasteiger partial charge on any atom is 0.221 e. The van der Waals surface area contributed by atoms with Gasteiger partial charge in [-0.1, -0.05) is 36.8 Å². The molecule has 1 amide bonds. The minimum absolute atomic E-state index is 0.226. The SMILES string of the molecule is O=C1CC2(CCC2)C(c2ccccc2)N1. The number of rotatable bonds is 1. The number of carbonyl (C=O) groups excluding carboxylic acids is 1. The second-order valence-electron chi connectivity index (χ2n) is 4.80. The predicted molar refractivity (Wildman–Crippen MR) is 58.2 cm³/mol. The van der Waals surface area contributed by atoms with Crippen molar-refractivity contribution >= 4 is 5.91 Å². The Balaban J connectivity index is 1.95. The van der Waals surface area contributed by atoms with E-state index in [2.05, 4.69) is 17.4 Å². The lowest BCUT2D eigenvalue weighted by atomic mass is 9.62. The first-order chi connectivity index (χ1) is 7.30. The van der Waals surface area contributed by atoms with Gasteiger partial charge in [-0.25, -0.2) is 0 Å². The highest BCUT2D eigenvalue weighted by molar-refractivity contribution is 5.80. The van der Waals surface area contributed by atoms with Gasteiger partial charge in [0.25, 0.3) is 0 Å². The van der Waals surface area contributed by atoms with Crippen LogP contribution in [0, 0.1) is 5.41 Å². The Labute approximate surface area is 89.7 Å². The summed E-state index contributed by atoms with van der Waals surface area (Å²) < 4.78 is 0. The van der Waals surface area contributed by atoms with Gasteiger partial charge in [-0.3, -0.25) is 4.79 Å². The van der Waals surface area contributed by atoms with E-state index in [1.807, 2.05) is 18.2 Å². The first kappa shape index (κ1) is 8.96. The van der Waals surface area contributed by atoms with Gasteiger partial charge in [0.05, 0.1) is 6.04 Å². The molecule has 0 bridgehead atoms. The van der Waals surface area contributed by atoms with Crippen LogP contribution in [-0.4, -0.2) is 5.91 Å². The molecular formula is C13H15NO. The molecule has 1 aliphatic heterocycles. The van der Waals surface area contributed by atoms with Gasteiger partial charge >= 0.3 is 0 Å². The van der Waals surface area contributed by atoms with E-state index >= 15 is 0 Å². The number of hydrogen-bond acceptors (Lipinski definition) is 1. The summed E-state index contributed by atoms with van der Waals surface area (Å²) in [6.45, 7) is 0. The highest BCUT2D eigenvalue weighted by Gasteiger charge is 2.50. The maximum atomic E-state index is 11.5. The second-order valence-corrected chi connectivity index (χ2v) is 4.80. The molecule has 0 radical (unpaired) electrons. The third-order valence-electron chi connectivity index (χ3n) is 3.91. The van der Waals surface area contributed by atoms with Crippen LogP contribution in [0.2, 0.25) is 0 Å².